The minimum Gasteiger partial charge on any atom is -0.339 e. The van der Waals surface area contributed by atoms with Crippen LogP contribution in [-0.4, -0.2) is 4.57 Å². The zero-order chi connectivity index (χ0) is 11.9. The SMILES string of the molecule is CC(C)c1cc2ccccc2n1C(C)(C)C. The fourth-order valence-electron chi connectivity index (χ4n) is 2.35. The van der Waals surface area contributed by atoms with Crippen LogP contribution in [0.15, 0.2) is 30.3 Å². The molecule has 1 heteroatoms. The molecule has 0 radical (unpaired) electrons. The summed E-state index contributed by atoms with van der Waals surface area (Å²) in [6.45, 7) is 11.3. The maximum absolute atomic E-state index is 2.47. The number of fused-ring (bicyclic) bond motifs is 1. The fraction of sp³-hybridized carbons (Fsp3) is 0.467. The average Bonchev–Trinajstić information content (AvgIpc) is 2.55. The van der Waals surface area contributed by atoms with Gasteiger partial charge in [-0.05, 0) is 44.2 Å². The van der Waals surface area contributed by atoms with E-state index in [9.17, 15) is 0 Å². The maximum atomic E-state index is 2.47. The van der Waals surface area contributed by atoms with Gasteiger partial charge in [0.05, 0.1) is 0 Å². The lowest BCUT2D eigenvalue weighted by Gasteiger charge is -2.27. The van der Waals surface area contributed by atoms with Gasteiger partial charge in [0.25, 0.3) is 0 Å². The minimum absolute atomic E-state index is 0.142. The lowest BCUT2D eigenvalue weighted by Crippen LogP contribution is -2.24. The molecule has 0 spiro atoms. The molecule has 1 aromatic carbocycles. The number of benzene rings is 1. The summed E-state index contributed by atoms with van der Waals surface area (Å²) in [6, 6.07) is 11.0. The van der Waals surface area contributed by atoms with Gasteiger partial charge in [-0.1, -0.05) is 32.0 Å². The van der Waals surface area contributed by atoms with E-state index in [0.29, 0.717) is 5.92 Å². The van der Waals surface area contributed by atoms with Gasteiger partial charge in [0, 0.05) is 16.7 Å². The molecule has 0 bridgehead atoms. The van der Waals surface area contributed by atoms with Crippen LogP contribution in [0, 0.1) is 0 Å². The van der Waals surface area contributed by atoms with Crippen LogP contribution in [0.3, 0.4) is 0 Å². The Kier molecular flexibility index (Phi) is 2.57. The summed E-state index contributed by atoms with van der Waals surface area (Å²) in [7, 11) is 0. The monoisotopic (exact) mass is 215 g/mol. The molecule has 1 nitrogen and oxygen atoms in total. The summed E-state index contributed by atoms with van der Waals surface area (Å²) < 4.78 is 2.47. The first-order valence-electron chi connectivity index (χ1n) is 6.02. The Labute approximate surface area is 98.1 Å². The molecule has 86 valence electrons. The Morgan fingerprint density at radius 3 is 2.25 bits per heavy atom. The predicted octanol–water partition coefficient (Wildman–Crippen LogP) is 4.52. The summed E-state index contributed by atoms with van der Waals surface area (Å²) in [5.41, 5.74) is 2.91. The van der Waals surface area contributed by atoms with Crippen LogP contribution in [0.5, 0.6) is 0 Å². The lowest BCUT2D eigenvalue weighted by atomic mass is 10.1. The van der Waals surface area contributed by atoms with Gasteiger partial charge < -0.3 is 4.57 Å². The molecule has 2 rings (SSSR count). The topological polar surface area (TPSA) is 4.93 Å². The van der Waals surface area contributed by atoms with Crippen LogP contribution in [0.4, 0.5) is 0 Å². The van der Waals surface area contributed by atoms with Gasteiger partial charge in [-0.3, -0.25) is 0 Å². The maximum Gasteiger partial charge on any atom is 0.0487 e. The van der Waals surface area contributed by atoms with Gasteiger partial charge in [0.2, 0.25) is 0 Å². The third-order valence-corrected chi connectivity index (χ3v) is 3.00. The number of hydrogen-bond donors (Lipinski definition) is 0. The molecule has 0 aliphatic carbocycles. The number of nitrogens with zero attached hydrogens (tertiary/aromatic N) is 1. The van der Waals surface area contributed by atoms with E-state index in [0.717, 1.165) is 0 Å². The summed E-state index contributed by atoms with van der Waals surface area (Å²) in [5, 5.41) is 1.35. The highest BCUT2D eigenvalue weighted by molar-refractivity contribution is 5.81. The average molecular weight is 215 g/mol. The smallest absolute Gasteiger partial charge is 0.0487 e. The van der Waals surface area contributed by atoms with Crippen LogP contribution in [0.1, 0.15) is 46.2 Å². The fourth-order valence-corrected chi connectivity index (χ4v) is 2.35. The third-order valence-electron chi connectivity index (χ3n) is 3.00. The number of hydrogen-bond acceptors (Lipinski definition) is 0. The number of rotatable bonds is 1. The van der Waals surface area contributed by atoms with Gasteiger partial charge in [0.1, 0.15) is 0 Å². The Balaban J connectivity index is 2.80. The molecule has 1 heterocycles. The van der Waals surface area contributed by atoms with Crippen molar-refractivity contribution in [3.05, 3.63) is 36.0 Å². The second-order valence-electron chi connectivity index (χ2n) is 5.79. The molecule has 0 fully saturated rings. The van der Waals surface area contributed by atoms with Crippen LogP contribution >= 0.6 is 0 Å². The van der Waals surface area contributed by atoms with E-state index >= 15 is 0 Å². The molecule has 0 saturated heterocycles. The molecule has 1 aromatic heterocycles. The van der Waals surface area contributed by atoms with Crippen molar-refractivity contribution in [3.8, 4) is 0 Å². The normalized spacial score (nSPS) is 12.6. The standard InChI is InChI=1S/C15H21N/c1-11(2)14-10-12-8-6-7-9-13(12)16(14)15(3,4)5/h6-11H,1-5H3. The zero-order valence-electron chi connectivity index (χ0n) is 10.9. The Hall–Kier alpha value is -1.24. The highest BCUT2D eigenvalue weighted by Gasteiger charge is 2.20. The van der Waals surface area contributed by atoms with Gasteiger partial charge in [-0.15, -0.1) is 0 Å². The van der Waals surface area contributed by atoms with Crippen molar-refractivity contribution in [1.82, 2.24) is 4.57 Å². The minimum atomic E-state index is 0.142. The molecule has 0 amide bonds. The quantitative estimate of drug-likeness (QED) is 0.659. The first-order chi connectivity index (χ1) is 7.41. The van der Waals surface area contributed by atoms with E-state index in [1.807, 2.05) is 0 Å². The highest BCUT2D eigenvalue weighted by Crippen LogP contribution is 2.31. The van der Waals surface area contributed by atoms with Crippen molar-refractivity contribution < 1.29 is 0 Å². The lowest BCUT2D eigenvalue weighted by molar-refractivity contribution is 0.393. The van der Waals surface area contributed by atoms with Crippen molar-refractivity contribution in [1.29, 1.82) is 0 Å². The van der Waals surface area contributed by atoms with Gasteiger partial charge in [-0.2, -0.15) is 0 Å². The predicted molar refractivity (Wildman–Crippen MR) is 71.0 cm³/mol. The molecule has 0 aliphatic heterocycles. The van der Waals surface area contributed by atoms with E-state index in [-0.39, 0.29) is 5.54 Å². The number of para-hydroxylation sites is 1. The summed E-state index contributed by atoms with van der Waals surface area (Å²) in [6.07, 6.45) is 0. The first-order valence-corrected chi connectivity index (χ1v) is 6.02. The van der Waals surface area contributed by atoms with E-state index in [2.05, 4.69) is 69.5 Å². The summed E-state index contributed by atoms with van der Waals surface area (Å²) in [4.78, 5) is 0. The van der Waals surface area contributed by atoms with Crippen molar-refractivity contribution in [2.45, 2.75) is 46.1 Å². The van der Waals surface area contributed by atoms with Gasteiger partial charge >= 0.3 is 0 Å². The zero-order valence-corrected chi connectivity index (χ0v) is 10.9. The van der Waals surface area contributed by atoms with Crippen molar-refractivity contribution in [2.75, 3.05) is 0 Å². The Morgan fingerprint density at radius 1 is 1.06 bits per heavy atom. The molecule has 0 saturated carbocycles. The second-order valence-corrected chi connectivity index (χ2v) is 5.79. The first kappa shape index (κ1) is 11.3. The van der Waals surface area contributed by atoms with Gasteiger partial charge in [-0.25, -0.2) is 0 Å². The Morgan fingerprint density at radius 2 is 1.69 bits per heavy atom. The molecular formula is C15H21N. The van der Waals surface area contributed by atoms with Crippen molar-refractivity contribution in [3.63, 3.8) is 0 Å². The molecule has 2 aromatic rings. The van der Waals surface area contributed by atoms with E-state index in [4.69, 9.17) is 0 Å². The van der Waals surface area contributed by atoms with Crippen LogP contribution in [0.25, 0.3) is 10.9 Å². The molecule has 0 unspecified atom stereocenters. The van der Waals surface area contributed by atoms with E-state index in [1.165, 1.54) is 16.6 Å². The molecule has 0 aliphatic rings. The van der Waals surface area contributed by atoms with Crippen LogP contribution < -0.4 is 0 Å². The number of aromatic nitrogens is 1. The summed E-state index contributed by atoms with van der Waals surface area (Å²) >= 11 is 0. The van der Waals surface area contributed by atoms with Gasteiger partial charge in [0.15, 0.2) is 0 Å². The second kappa shape index (κ2) is 3.65. The highest BCUT2D eigenvalue weighted by atomic mass is 15.1. The molecular weight excluding hydrogens is 194 g/mol. The largest absolute Gasteiger partial charge is 0.339 e. The van der Waals surface area contributed by atoms with Crippen molar-refractivity contribution in [2.24, 2.45) is 0 Å². The molecule has 0 atom stereocenters. The molecule has 0 N–H and O–H groups in total. The van der Waals surface area contributed by atoms with Crippen LogP contribution in [0.2, 0.25) is 0 Å². The Bertz CT molecular complexity index is 498. The van der Waals surface area contributed by atoms with Crippen LogP contribution in [-0.2, 0) is 5.54 Å². The summed E-state index contributed by atoms with van der Waals surface area (Å²) in [5.74, 6) is 0.562. The third kappa shape index (κ3) is 1.75. The van der Waals surface area contributed by atoms with E-state index < -0.39 is 0 Å². The van der Waals surface area contributed by atoms with E-state index in [1.54, 1.807) is 0 Å². The van der Waals surface area contributed by atoms with Crippen molar-refractivity contribution >= 4 is 10.9 Å². The molecule has 16 heavy (non-hydrogen) atoms.